The summed E-state index contributed by atoms with van der Waals surface area (Å²) in [4.78, 5) is 11.5. The lowest BCUT2D eigenvalue weighted by atomic mass is 10.1. The summed E-state index contributed by atoms with van der Waals surface area (Å²) in [7, 11) is 0. The smallest absolute Gasteiger partial charge is 0.227 e. The Hall–Kier alpha value is -0.610. The Morgan fingerprint density at radius 3 is 2.58 bits per heavy atom. The van der Waals surface area contributed by atoms with Crippen molar-refractivity contribution in [3.8, 4) is 0 Å². The molecule has 1 saturated carbocycles. The van der Waals surface area contributed by atoms with E-state index in [1.165, 1.54) is 0 Å². The van der Waals surface area contributed by atoms with Crippen molar-refractivity contribution in [3.05, 3.63) is 0 Å². The molecule has 0 bridgehead atoms. The Morgan fingerprint density at radius 1 is 1.58 bits per heavy atom. The molecule has 0 atom stereocenters. The molecular formula is C8H14N2O2. The van der Waals surface area contributed by atoms with Gasteiger partial charge in [0.25, 0.3) is 0 Å². The van der Waals surface area contributed by atoms with Crippen LogP contribution in [0, 0.1) is 5.41 Å². The number of hydrogen-bond acceptors (Lipinski definition) is 3. The molecule has 0 aromatic rings. The third-order valence-electron chi connectivity index (χ3n) is 2.70. The van der Waals surface area contributed by atoms with Crippen molar-refractivity contribution in [2.24, 2.45) is 11.1 Å². The minimum absolute atomic E-state index is 0.123. The third kappa shape index (κ3) is 1.21. The summed E-state index contributed by atoms with van der Waals surface area (Å²) in [6.45, 7) is 1.80. The topological polar surface area (TPSA) is 64.4 Å². The van der Waals surface area contributed by atoms with Gasteiger partial charge in [0, 0.05) is 6.54 Å². The molecule has 2 rings (SSSR count). The van der Waals surface area contributed by atoms with Gasteiger partial charge in [-0.1, -0.05) is 0 Å². The van der Waals surface area contributed by atoms with Gasteiger partial charge in [-0.15, -0.1) is 0 Å². The summed E-state index contributed by atoms with van der Waals surface area (Å²) in [6, 6.07) is 0.238. The molecule has 1 aliphatic heterocycles. The lowest BCUT2D eigenvalue weighted by Gasteiger charge is -2.28. The first-order valence-corrected chi connectivity index (χ1v) is 4.36. The largest absolute Gasteiger partial charge is 0.377 e. The van der Waals surface area contributed by atoms with E-state index >= 15 is 0 Å². The Morgan fingerprint density at radius 2 is 2.25 bits per heavy atom. The van der Waals surface area contributed by atoms with E-state index in [2.05, 4.69) is 5.32 Å². The second-order valence-electron chi connectivity index (χ2n) is 3.69. The summed E-state index contributed by atoms with van der Waals surface area (Å²) in [5, 5.41) is 2.93. The Balaban J connectivity index is 1.83. The molecule has 0 unspecified atom stereocenters. The highest BCUT2D eigenvalue weighted by atomic mass is 16.5. The van der Waals surface area contributed by atoms with E-state index in [4.69, 9.17) is 10.5 Å². The fraction of sp³-hybridized carbons (Fsp3) is 0.875. The maximum atomic E-state index is 11.5. The standard InChI is InChI=1S/C8H14N2O2/c9-5-8(1-2-8)7(11)10-6-3-12-4-6/h6H,1-5,9H2,(H,10,11). The number of amides is 1. The number of carbonyl (C=O) groups excluding carboxylic acids is 1. The van der Waals surface area contributed by atoms with Crippen molar-refractivity contribution in [1.82, 2.24) is 5.32 Å². The quantitative estimate of drug-likeness (QED) is 0.585. The zero-order valence-corrected chi connectivity index (χ0v) is 7.01. The molecule has 2 fully saturated rings. The molecule has 2 aliphatic rings. The van der Waals surface area contributed by atoms with Crippen molar-refractivity contribution in [3.63, 3.8) is 0 Å². The molecule has 1 heterocycles. The predicted molar refractivity (Wildman–Crippen MR) is 43.5 cm³/mol. The number of nitrogens with two attached hydrogens (primary N) is 1. The van der Waals surface area contributed by atoms with Gasteiger partial charge in [0.2, 0.25) is 5.91 Å². The van der Waals surface area contributed by atoms with Crippen LogP contribution in [0.15, 0.2) is 0 Å². The Labute approximate surface area is 71.4 Å². The summed E-state index contributed by atoms with van der Waals surface area (Å²) >= 11 is 0. The van der Waals surface area contributed by atoms with Crippen LogP contribution in [0.2, 0.25) is 0 Å². The van der Waals surface area contributed by atoms with E-state index in [0.29, 0.717) is 19.8 Å². The van der Waals surface area contributed by atoms with E-state index in [0.717, 1.165) is 12.8 Å². The first kappa shape index (κ1) is 8.01. The van der Waals surface area contributed by atoms with Crippen molar-refractivity contribution in [2.45, 2.75) is 18.9 Å². The molecule has 4 heteroatoms. The minimum atomic E-state index is -0.213. The van der Waals surface area contributed by atoms with E-state index in [-0.39, 0.29) is 17.4 Å². The van der Waals surface area contributed by atoms with Crippen LogP contribution in [0.25, 0.3) is 0 Å². The predicted octanol–water partition coefficient (Wildman–Crippen LogP) is -0.760. The van der Waals surface area contributed by atoms with E-state index in [1.54, 1.807) is 0 Å². The van der Waals surface area contributed by atoms with Crippen LogP contribution in [0.5, 0.6) is 0 Å². The summed E-state index contributed by atoms with van der Waals surface area (Å²) < 4.78 is 4.96. The maximum absolute atomic E-state index is 11.5. The van der Waals surface area contributed by atoms with Crippen LogP contribution in [0.1, 0.15) is 12.8 Å². The van der Waals surface area contributed by atoms with Crippen molar-refractivity contribution < 1.29 is 9.53 Å². The van der Waals surface area contributed by atoms with Crippen molar-refractivity contribution in [1.29, 1.82) is 0 Å². The second-order valence-corrected chi connectivity index (χ2v) is 3.69. The Bertz CT molecular complexity index is 197. The van der Waals surface area contributed by atoms with Crippen molar-refractivity contribution >= 4 is 5.91 Å². The average Bonchev–Trinajstić information content (AvgIpc) is 2.76. The molecule has 68 valence electrons. The maximum Gasteiger partial charge on any atom is 0.227 e. The lowest BCUT2D eigenvalue weighted by molar-refractivity contribution is -0.130. The molecule has 3 N–H and O–H groups in total. The zero-order valence-electron chi connectivity index (χ0n) is 7.01. The molecule has 1 aliphatic carbocycles. The van der Waals surface area contributed by atoms with Gasteiger partial charge < -0.3 is 15.8 Å². The summed E-state index contributed by atoms with van der Waals surface area (Å²) in [6.07, 6.45) is 1.89. The zero-order chi connectivity index (χ0) is 8.60. The second kappa shape index (κ2) is 2.71. The van der Waals surface area contributed by atoms with Gasteiger partial charge >= 0.3 is 0 Å². The lowest BCUT2D eigenvalue weighted by Crippen LogP contribution is -2.51. The minimum Gasteiger partial charge on any atom is -0.377 e. The SMILES string of the molecule is NCC1(C(=O)NC2COC2)CC1. The number of nitrogens with one attached hydrogen (secondary N) is 1. The fourth-order valence-electron chi connectivity index (χ4n) is 1.33. The van der Waals surface area contributed by atoms with E-state index in [9.17, 15) is 4.79 Å². The van der Waals surface area contributed by atoms with E-state index in [1.807, 2.05) is 0 Å². The van der Waals surface area contributed by atoms with Crippen LogP contribution >= 0.6 is 0 Å². The molecule has 4 nitrogen and oxygen atoms in total. The van der Waals surface area contributed by atoms with Gasteiger partial charge in [-0.3, -0.25) is 4.79 Å². The number of carbonyl (C=O) groups is 1. The number of hydrogen-bond donors (Lipinski definition) is 2. The molecule has 1 amide bonds. The van der Waals surface area contributed by atoms with Gasteiger partial charge in [0.1, 0.15) is 0 Å². The molecular weight excluding hydrogens is 156 g/mol. The highest BCUT2D eigenvalue weighted by molar-refractivity contribution is 5.85. The van der Waals surface area contributed by atoms with Gasteiger partial charge in [-0.05, 0) is 12.8 Å². The van der Waals surface area contributed by atoms with Crippen LogP contribution in [-0.4, -0.2) is 31.7 Å². The van der Waals surface area contributed by atoms with Gasteiger partial charge in [-0.2, -0.15) is 0 Å². The molecule has 0 radical (unpaired) electrons. The van der Waals surface area contributed by atoms with Gasteiger partial charge in [0.05, 0.1) is 24.7 Å². The van der Waals surface area contributed by atoms with Crippen molar-refractivity contribution in [2.75, 3.05) is 19.8 Å². The number of ether oxygens (including phenoxy) is 1. The first-order chi connectivity index (χ1) is 5.77. The monoisotopic (exact) mass is 170 g/mol. The fourth-order valence-corrected chi connectivity index (χ4v) is 1.33. The highest BCUT2D eigenvalue weighted by Gasteiger charge is 2.49. The Kier molecular flexibility index (Phi) is 1.81. The summed E-state index contributed by atoms with van der Waals surface area (Å²) in [5.41, 5.74) is 5.30. The van der Waals surface area contributed by atoms with Crippen LogP contribution in [0.3, 0.4) is 0 Å². The highest BCUT2D eigenvalue weighted by Crippen LogP contribution is 2.44. The molecule has 0 spiro atoms. The summed E-state index contributed by atoms with van der Waals surface area (Å²) in [5.74, 6) is 0.123. The molecule has 0 aromatic carbocycles. The first-order valence-electron chi connectivity index (χ1n) is 4.36. The van der Waals surface area contributed by atoms with Gasteiger partial charge in [0.15, 0.2) is 0 Å². The van der Waals surface area contributed by atoms with Crippen LogP contribution < -0.4 is 11.1 Å². The molecule has 12 heavy (non-hydrogen) atoms. The van der Waals surface area contributed by atoms with Crippen LogP contribution in [0.4, 0.5) is 0 Å². The normalized spacial score (nSPS) is 26.1. The van der Waals surface area contributed by atoms with Gasteiger partial charge in [-0.25, -0.2) is 0 Å². The van der Waals surface area contributed by atoms with E-state index < -0.39 is 0 Å². The third-order valence-corrected chi connectivity index (χ3v) is 2.70. The van der Waals surface area contributed by atoms with Crippen LogP contribution in [-0.2, 0) is 9.53 Å². The average molecular weight is 170 g/mol. The molecule has 0 aromatic heterocycles. The number of rotatable bonds is 3. The molecule has 1 saturated heterocycles.